The molecule has 0 saturated heterocycles. The zero-order chi connectivity index (χ0) is 15.7. The topological polar surface area (TPSA) is 39.1 Å². The molecule has 0 heterocycles. The van der Waals surface area contributed by atoms with Crippen LogP contribution in [0.4, 0.5) is 0 Å². The second kappa shape index (κ2) is 9.43. The minimum atomic E-state index is -0.312. The molecule has 1 fully saturated rings. The van der Waals surface area contributed by atoms with Crippen molar-refractivity contribution in [2.75, 3.05) is 19.6 Å². The second-order valence-electron chi connectivity index (χ2n) is 6.90. The SMILES string of the molecule is CCC(CC)CN(CC)CCCCC(C)(C#N)NC1CC1. The van der Waals surface area contributed by atoms with E-state index in [1.165, 1.54) is 45.2 Å². The van der Waals surface area contributed by atoms with E-state index in [1.54, 1.807) is 0 Å². The number of nitrogens with one attached hydrogen (secondary N) is 1. The van der Waals surface area contributed by atoms with Crippen LogP contribution in [0.2, 0.25) is 0 Å². The summed E-state index contributed by atoms with van der Waals surface area (Å²) in [6, 6.07) is 3.09. The Morgan fingerprint density at radius 3 is 2.38 bits per heavy atom. The van der Waals surface area contributed by atoms with Crippen molar-refractivity contribution in [1.29, 1.82) is 5.26 Å². The third kappa shape index (κ3) is 7.29. The molecule has 1 N–H and O–H groups in total. The Bertz CT molecular complexity index is 315. The average Bonchev–Trinajstić information content (AvgIpc) is 3.30. The fourth-order valence-corrected chi connectivity index (χ4v) is 2.94. The van der Waals surface area contributed by atoms with Crippen LogP contribution in [0.1, 0.15) is 72.6 Å². The molecule has 0 aromatic heterocycles. The molecule has 21 heavy (non-hydrogen) atoms. The highest BCUT2D eigenvalue weighted by Gasteiger charge is 2.31. The van der Waals surface area contributed by atoms with Crippen molar-refractivity contribution in [2.24, 2.45) is 5.92 Å². The van der Waals surface area contributed by atoms with Gasteiger partial charge in [-0.25, -0.2) is 0 Å². The molecule has 0 spiro atoms. The molecule has 1 aliphatic carbocycles. The molecule has 0 bridgehead atoms. The lowest BCUT2D eigenvalue weighted by Gasteiger charge is -2.26. The maximum absolute atomic E-state index is 9.38. The van der Waals surface area contributed by atoms with Gasteiger partial charge in [-0.15, -0.1) is 0 Å². The highest BCUT2D eigenvalue weighted by molar-refractivity contribution is 5.06. The van der Waals surface area contributed by atoms with Crippen LogP contribution in [0, 0.1) is 17.2 Å². The standard InChI is InChI=1S/C18H35N3/c1-5-16(6-2)14-21(7-3)13-9-8-12-18(4,15-19)20-17-10-11-17/h16-17,20H,5-14H2,1-4H3. The van der Waals surface area contributed by atoms with Crippen LogP contribution in [-0.4, -0.2) is 36.1 Å². The largest absolute Gasteiger partial charge is 0.303 e. The molecule has 1 unspecified atom stereocenters. The van der Waals surface area contributed by atoms with Crippen molar-refractivity contribution >= 4 is 0 Å². The molecule has 0 aromatic rings. The molecule has 1 atom stereocenters. The summed E-state index contributed by atoms with van der Waals surface area (Å²) in [6.07, 6.45) is 8.38. The Hall–Kier alpha value is -0.590. The second-order valence-corrected chi connectivity index (χ2v) is 6.90. The summed E-state index contributed by atoms with van der Waals surface area (Å²) in [4.78, 5) is 2.58. The molecule has 3 heteroatoms. The van der Waals surface area contributed by atoms with Gasteiger partial charge in [-0.3, -0.25) is 5.32 Å². The van der Waals surface area contributed by atoms with Gasteiger partial charge >= 0.3 is 0 Å². The summed E-state index contributed by atoms with van der Waals surface area (Å²) in [5, 5.41) is 12.9. The molecule has 1 aliphatic rings. The molecular weight excluding hydrogens is 258 g/mol. The van der Waals surface area contributed by atoms with Gasteiger partial charge in [0.2, 0.25) is 0 Å². The van der Waals surface area contributed by atoms with Gasteiger partial charge in [0.05, 0.1) is 6.07 Å². The molecule has 0 aromatic carbocycles. The first-order valence-electron chi connectivity index (χ1n) is 8.98. The Morgan fingerprint density at radius 2 is 1.90 bits per heavy atom. The van der Waals surface area contributed by atoms with Gasteiger partial charge in [-0.05, 0) is 58.0 Å². The smallest absolute Gasteiger partial charge is 0.104 e. The Labute approximate surface area is 132 Å². The Balaban J connectivity index is 2.22. The molecule has 0 amide bonds. The van der Waals surface area contributed by atoms with Crippen LogP contribution in [-0.2, 0) is 0 Å². The normalized spacial score (nSPS) is 18.0. The number of nitrogens with zero attached hydrogens (tertiary/aromatic N) is 2. The molecule has 0 aliphatic heterocycles. The van der Waals surface area contributed by atoms with Gasteiger partial charge in [0.1, 0.15) is 5.54 Å². The van der Waals surface area contributed by atoms with Gasteiger partial charge in [0.15, 0.2) is 0 Å². The number of nitriles is 1. The lowest BCUT2D eigenvalue weighted by molar-refractivity contribution is 0.227. The minimum absolute atomic E-state index is 0.312. The van der Waals surface area contributed by atoms with Crippen LogP contribution in [0.15, 0.2) is 0 Å². The van der Waals surface area contributed by atoms with Gasteiger partial charge in [0.25, 0.3) is 0 Å². The van der Waals surface area contributed by atoms with Gasteiger partial charge in [0, 0.05) is 12.6 Å². The Kier molecular flexibility index (Phi) is 8.29. The highest BCUT2D eigenvalue weighted by Crippen LogP contribution is 2.24. The van der Waals surface area contributed by atoms with E-state index in [2.05, 4.69) is 44.0 Å². The maximum atomic E-state index is 9.38. The quantitative estimate of drug-likeness (QED) is 0.554. The van der Waals surface area contributed by atoms with Crippen molar-refractivity contribution in [3.05, 3.63) is 0 Å². The van der Waals surface area contributed by atoms with E-state index < -0.39 is 0 Å². The van der Waals surface area contributed by atoms with Crippen LogP contribution in [0.5, 0.6) is 0 Å². The van der Waals surface area contributed by atoms with Crippen molar-refractivity contribution in [1.82, 2.24) is 10.2 Å². The average molecular weight is 293 g/mol. The zero-order valence-electron chi connectivity index (χ0n) is 14.6. The van der Waals surface area contributed by atoms with E-state index in [4.69, 9.17) is 0 Å². The summed E-state index contributed by atoms with van der Waals surface area (Å²) in [5.74, 6) is 0.839. The fraction of sp³-hybridized carbons (Fsp3) is 0.944. The van der Waals surface area contributed by atoms with Crippen molar-refractivity contribution in [2.45, 2.75) is 84.2 Å². The molecule has 0 radical (unpaired) electrons. The summed E-state index contributed by atoms with van der Waals surface area (Å²) < 4.78 is 0. The predicted molar refractivity (Wildman–Crippen MR) is 90.2 cm³/mol. The molecule has 1 rings (SSSR count). The van der Waals surface area contributed by atoms with Crippen LogP contribution in [0.3, 0.4) is 0 Å². The predicted octanol–water partition coefficient (Wildman–Crippen LogP) is 3.95. The van der Waals surface area contributed by atoms with E-state index >= 15 is 0 Å². The lowest BCUT2D eigenvalue weighted by Crippen LogP contribution is -2.42. The molecule has 3 nitrogen and oxygen atoms in total. The lowest BCUT2D eigenvalue weighted by atomic mass is 9.96. The van der Waals surface area contributed by atoms with Gasteiger partial charge in [-0.2, -0.15) is 5.26 Å². The monoisotopic (exact) mass is 293 g/mol. The molecule has 1 saturated carbocycles. The van der Waals surface area contributed by atoms with Gasteiger partial charge < -0.3 is 4.90 Å². The first-order chi connectivity index (χ1) is 10.1. The van der Waals surface area contributed by atoms with Crippen LogP contribution < -0.4 is 5.32 Å². The van der Waals surface area contributed by atoms with Crippen LogP contribution >= 0.6 is 0 Å². The number of hydrogen-bond acceptors (Lipinski definition) is 3. The third-order valence-electron chi connectivity index (χ3n) is 4.87. The van der Waals surface area contributed by atoms with E-state index in [-0.39, 0.29) is 5.54 Å². The van der Waals surface area contributed by atoms with E-state index in [0.29, 0.717) is 6.04 Å². The number of rotatable bonds is 12. The van der Waals surface area contributed by atoms with E-state index in [1.807, 2.05) is 0 Å². The minimum Gasteiger partial charge on any atom is -0.303 e. The summed E-state index contributed by atoms with van der Waals surface area (Å²) in [5.41, 5.74) is -0.312. The zero-order valence-corrected chi connectivity index (χ0v) is 14.6. The fourth-order valence-electron chi connectivity index (χ4n) is 2.94. The van der Waals surface area contributed by atoms with E-state index in [0.717, 1.165) is 25.3 Å². The molecular formula is C18H35N3. The van der Waals surface area contributed by atoms with Gasteiger partial charge in [-0.1, -0.05) is 33.6 Å². The first-order valence-corrected chi connectivity index (χ1v) is 8.98. The number of unbranched alkanes of at least 4 members (excludes halogenated alkanes) is 1. The summed E-state index contributed by atoms with van der Waals surface area (Å²) >= 11 is 0. The highest BCUT2D eigenvalue weighted by atomic mass is 15.1. The van der Waals surface area contributed by atoms with Crippen molar-refractivity contribution in [3.63, 3.8) is 0 Å². The van der Waals surface area contributed by atoms with Crippen LogP contribution in [0.25, 0.3) is 0 Å². The van der Waals surface area contributed by atoms with Crippen molar-refractivity contribution < 1.29 is 0 Å². The first kappa shape index (κ1) is 18.5. The third-order valence-corrected chi connectivity index (χ3v) is 4.87. The maximum Gasteiger partial charge on any atom is 0.104 e. The van der Waals surface area contributed by atoms with E-state index in [9.17, 15) is 5.26 Å². The van der Waals surface area contributed by atoms with Crippen molar-refractivity contribution in [3.8, 4) is 6.07 Å². The number of hydrogen-bond donors (Lipinski definition) is 1. The molecule has 122 valence electrons. The summed E-state index contributed by atoms with van der Waals surface area (Å²) in [6.45, 7) is 12.5. The Morgan fingerprint density at radius 1 is 1.24 bits per heavy atom. The summed E-state index contributed by atoms with van der Waals surface area (Å²) in [7, 11) is 0.